The number of carbonyl (C=O) groups excluding carboxylic acids is 1. The Morgan fingerprint density at radius 1 is 0.940 bits per heavy atom. The minimum atomic E-state index is -1.27. The average Bonchev–Trinajstić information content (AvgIpc) is 3.73. The summed E-state index contributed by atoms with van der Waals surface area (Å²) in [4.78, 5) is 30.7. The fourth-order valence-corrected chi connectivity index (χ4v) is 7.08. The van der Waals surface area contributed by atoms with Crippen LogP contribution in [-0.2, 0) is 14.2 Å². The molecule has 1 saturated heterocycles. The predicted molar refractivity (Wildman–Crippen MR) is 201 cm³/mol. The average molecular weight is 722 g/mol. The van der Waals surface area contributed by atoms with E-state index in [1.807, 2.05) is 49.8 Å². The van der Waals surface area contributed by atoms with Crippen molar-refractivity contribution in [2.24, 2.45) is 0 Å². The predicted octanol–water partition coefficient (Wildman–Crippen LogP) is 6.92. The van der Waals surface area contributed by atoms with Gasteiger partial charge in [-0.15, -0.1) is 0 Å². The van der Waals surface area contributed by atoms with Gasteiger partial charge in [0.2, 0.25) is 0 Å². The molecule has 0 bridgehead atoms. The maximum Gasteiger partial charge on any atom is 0.410 e. The van der Waals surface area contributed by atoms with E-state index in [-0.39, 0.29) is 12.0 Å². The number of anilines is 1. The molecule has 272 valence electrons. The molecule has 13 nitrogen and oxygen atoms in total. The molecule has 0 saturated carbocycles. The molecule has 1 aliphatic heterocycles. The molecule has 4 aromatic heterocycles. The van der Waals surface area contributed by atoms with Gasteiger partial charge in [0, 0.05) is 77.5 Å². The highest BCUT2D eigenvalue weighted by Crippen LogP contribution is 2.33. The zero-order chi connectivity index (χ0) is 36.1. The summed E-state index contributed by atoms with van der Waals surface area (Å²) in [6, 6.07) is 8.20. The van der Waals surface area contributed by atoms with Crippen molar-refractivity contribution in [3.05, 3.63) is 48.9 Å². The first kappa shape index (κ1) is 37.6. The molecule has 0 radical (unpaired) electrons. The Kier molecular flexibility index (Phi) is 11.8. The van der Waals surface area contributed by atoms with Gasteiger partial charge >= 0.3 is 6.09 Å². The second-order valence-electron chi connectivity index (χ2n) is 16.6. The SMILES string of the molecule is CC(C)(C)OC(=O)N1CCC(c2cc(N(COCC[Si](C)(C)C)COCC[Si](C)(C)C)n3ncc(-c4ccc(-n5cncn5)nc4)c3n2)CC1. The fraction of sp³-hybridized carbons (Fsp3) is 0.600. The first-order chi connectivity index (χ1) is 23.6. The third-order valence-corrected chi connectivity index (χ3v) is 12.0. The van der Waals surface area contributed by atoms with E-state index < -0.39 is 21.7 Å². The number of piperidine rings is 1. The lowest BCUT2D eigenvalue weighted by Crippen LogP contribution is -2.41. The van der Waals surface area contributed by atoms with Crippen LogP contribution < -0.4 is 4.90 Å². The number of fused-ring (bicyclic) bond motifs is 1. The third-order valence-electron chi connectivity index (χ3n) is 8.56. The molecule has 0 atom stereocenters. The number of amides is 1. The van der Waals surface area contributed by atoms with Crippen LogP contribution in [0.4, 0.5) is 10.6 Å². The number of hydrogen-bond acceptors (Lipinski definition) is 10. The second kappa shape index (κ2) is 15.7. The highest BCUT2D eigenvalue weighted by Gasteiger charge is 2.30. The van der Waals surface area contributed by atoms with Gasteiger partial charge < -0.3 is 24.0 Å². The highest BCUT2D eigenvalue weighted by molar-refractivity contribution is 6.76. The summed E-state index contributed by atoms with van der Waals surface area (Å²) < 4.78 is 21.8. The summed E-state index contributed by atoms with van der Waals surface area (Å²) in [5.74, 6) is 1.68. The molecule has 5 rings (SSSR count). The second-order valence-corrected chi connectivity index (χ2v) is 27.8. The molecule has 15 heteroatoms. The van der Waals surface area contributed by atoms with Crippen molar-refractivity contribution >= 4 is 33.7 Å². The van der Waals surface area contributed by atoms with Crippen LogP contribution in [0.15, 0.2) is 43.2 Å². The molecule has 0 aromatic carbocycles. The van der Waals surface area contributed by atoms with E-state index >= 15 is 0 Å². The van der Waals surface area contributed by atoms with Crippen molar-refractivity contribution < 1.29 is 19.0 Å². The van der Waals surface area contributed by atoms with Gasteiger partial charge in [0.05, 0.1) is 6.20 Å². The van der Waals surface area contributed by atoms with Gasteiger partial charge in [0.25, 0.3) is 0 Å². The van der Waals surface area contributed by atoms with E-state index in [0.717, 1.165) is 53.2 Å². The first-order valence-corrected chi connectivity index (χ1v) is 25.1. The van der Waals surface area contributed by atoms with Gasteiger partial charge in [-0.3, -0.25) is 0 Å². The molecular formula is C35H55N9O4Si2. The van der Waals surface area contributed by atoms with Crippen molar-refractivity contribution in [1.29, 1.82) is 0 Å². The standard InChI is InChI=1S/C35H55N9O4Si2/c1-35(2,3)48-34(45)41-14-12-27(13-15-41)30-20-32(42(25-46-16-18-49(4,5)6)26-47-17-19-50(7,8)9)44-33(40-30)29(22-38-44)28-10-11-31(37-21-28)43-24-36-23-39-43/h10-11,20-24,27H,12-19,25-26H2,1-9H3. The van der Waals surface area contributed by atoms with E-state index in [0.29, 0.717) is 45.6 Å². The van der Waals surface area contributed by atoms with Crippen LogP contribution in [0.5, 0.6) is 0 Å². The molecule has 4 aromatic rings. The summed E-state index contributed by atoms with van der Waals surface area (Å²) in [6.45, 7) is 23.2. The first-order valence-electron chi connectivity index (χ1n) is 17.6. The number of nitrogens with zero attached hydrogens (tertiary/aromatic N) is 9. The molecule has 0 spiro atoms. The molecule has 0 N–H and O–H groups in total. The van der Waals surface area contributed by atoms with Crippen molar-refractivity contribution in [1.82, 2.24) is 39.2 Å². The topological polar surface area (TPSA) is 125 Å². The van der Waals surface area contributed by atoms with Gasteiger partial charge in [-0.2, -0.15) is 14.7 Å². The van der Waals surface area contributed by atoms with Crippen molar-refractivity contribution in [3.8, 4) is 16.9 Å². The van der Waals surface area contributed by atoms with E-state index in [2.05, 4.69) is 65.3 Å². The van der Waals surface area contributed by atoms with E-state index in [9.17, 15) is 4.79 Å². The molecule has 0 aliphatic carbocycles. The minimum Gasteiger partial charge on any atom is -0.444 e. The number of rotatable bonds is 14. The zero-order valence-corrected chi connectivity index (χ0v) is 33.3. The van der Waals surface area contributed by atoms with E-state index in [1.165, 1.54) is 6.33 Å². The highest BCUT2D eigenvalue weighted by atomic mass is 28.3. The van der Waals surface area contributed by atoms with Crippen LogP contribution in [0.25, 0.3) is 22.6 Å². The maximum atomic E-state index is 12.8. The smallest absolute Gasteiger partial charge is 0.410 e. The lowest BCUT2D eigenvalue weighted by Gasteiger charge is -2.33. The number of ether oxygens (including phenoxy) is 3. The summed E-state index contributed by atoms with van der Waals surface area (Å²) in [7, 11) is -2.54. The van der Waals surface area contributed by atoms with Gasteiger partial charge in [0.15, 0.2) is 11.5 Å². The summed E-state index contributed by atoms with van der Waals surface area (Å²) in [6.07, 6.45) is 8.06. The van der Waals surface area contributed by atoms with Crippen LogP contribution in [0.2, 0.25) is 51.4 Å². The molecule has 1 aliphatic rings. The van der Waals surface area contributed by atoms with Crippen LogP contribution in [0, 0.1) is 0 Å². The Morgan fingerprint density at radius 3 is 2.14 bits per heavy atom. The van der Waals surface area contributed by atoms with E-state index in [4.69, 9.17) is 24.3 Å². The Balaban J connectivity index is 1.48. The van der Waals surface area contributed by atoms with Crippen LogP contribution in [0.3, 0.4) is 0 Å². The van der Waals surface area contributed by atoms with Crippen molar-refractivity contribution in [3.63, 3.8) is 0 Å². The monoisotopic (exact) mass is 721 g/mol. The zero-order valence-electron chi connectivity index (χ0n) is 31.3. The van der Waals surface area contributed by atoms with Crippen molar-refractivity contribution in [2.45, 2.75) is 96.5 Å². The lowest BCUT2D eigenvalue weighted by atomic mass is 9.93. The van der Waals surface area contributed by atoms with E-state index in [1.54, 1.807) is 15.9 Å². The fourth-order valence-electron chi connectivity index (χ4n) is 5.57. The number of hydrogen-bond donors (Lipinski definition) is 0. The Bertz CT molecular complexity index is 1660. The van der Waals surface area contributed by atoms with Gasteiger partial charge in [0.1, 0.15) is 37.5 Å². The van der Waals surface area contributed by atoms with Gasteiger partial charge in [-0.25, -0.2) is 24.4 Å². The summed E-state index contributed by atoms with van der Waals surface area (Å²) >= 11 is 0. The molecule has 1 amide bonds. The quantitative estimate of drug-likeness (QED) is 0.0770. The summed E-state index contributed by atoms with van der Waals surface area (Å²) in [5, 5.41) is 9.07. The van der Waals surface area contributed by atoms with Crippen LogP contribution >= 0.6 is 0 Å². The number of likely N-dealkylation sites (tertiary alicyclic amines) is 1. The van der Waals surface area contributed by atoms with Gasteiger partial charge in [-0.1, -0.05) is 39.3 Å². The Hall–Kier alpha value is -3.67. The van der Waals surface area contributed by atoms with Crippen LogP contribution in [-0.4, -0.2) is 107 Å². The molecular weight excluding hydrogens is 667 g/mol. The number of carbonyl (C=O) groups is 1. The van der Waals surface area contributed by atoms with Crippen LogP contribution in [0.1, 0.15) is 45.2 Å². The number of aromatic nitrogens is 7. The van der Waals surface area contributed by atoms with Gasteiger partial charge in [-0.05, 0) is 57.8 Å². The minimum absolute atomic E-state index is 0.149. The molecule has 5 heterocycles. The molecule has 1 fully saturated rings. The molecule has 0 unspecified atom stereocenters. The Morgan fingerprint density at radius 2 is 1.60 bits per heavy atom. The lowest BCUT2D eigenvalue weighted by molar-refractivity contribution is 0.0204. The molecule has 50 heavy (non-hydrogen) atoms. The Labute approximate surface area is 298 Å². The largest absolute Gasteiger partial charge is 0.444 e. The summed E-state index contributed by atoms with van der Waals surface area (Å²) in [5.41, 5.74) is 2.92. The maximum absolute atomic E-state index is 12.8. The number of pyridine rings is 1. The third kappa shape index (κ3) is 10.4. The normalized spacial score (nSPS) is 14.8. The van der Waals surface area contributed by atoms with Crippen molar-refractivity contribution in [2.75, 3.05) is 44.7 Å².